The molecule has 0 radical (unpaired) electrons. The maximum Gasteiger partial charge on any atom is 0.136 e. The molecule has 0 N–H and O–H groups in total. The van der Waals surface area contributed by atoms with Gasteiger partial charge in [-0.15, -0.1) is 0 Å². The molecule has 1 nitrogen and oxygen atoms in total. The third kappa shape index (κ3) is 3.64. The molecule has 1 unspecified atom stereocenters. The predicted molar refractivity (Wildman–Crippen MR) is 68.9 cm³/mol. The van der Waals surface area contributed by atoms with E-state index in [-0.39, 0.29) is 5.92 Å². The molecular formula is C14H19ClO. The van der Waals surface area contributed by atoms with Crippen LogP contribution >= 0.6 is 11.6 Å². The van der Waals surface area contributed by atoms with Gasteiger partial charge in [0.15, 0.2) is 0 Å². The monoisotopic (exact) mass is 238 g/mol. The van der Waals surface area contributed by atoms with E-state index in [2.05, 4.69) is 0 Å². The normalized spacial score (nSPS) is 19.2. The standard InChI is InChI=1S/C12H13ClO.C2H6/c13-11-6-4-9(5-7-11)8-10-2-1-3-12(10)14;1-2/h4-7,10H,1-3,8H2;1-2H3. The number of carbonyl (C=O) groups excluding carboxylic acids is 1. The van der Waals surface area contributed by atoms with E-state index in [9.17, 15) is 4.79 Å². The Bertz CT molecular complexity index is 329. The van der Waals surface area contributed by atoms with Crippen molar-refractivity contribution in [2.75, 3.05) is 0 Å². The van der Waals surface area contributed by atoms with Crippen LogP contribution in [0.5, 0.6) is 0 Å². The van der Waals surface area contributed by atoms with Crippen LogP contribution in [0.4, 0.5) is 0 Å². The Labute approximate surface area is 103 Å². The molecule has 0 spiro atoms. The SMILES string of the molecule is CC.O=C1CCCC1Cc1ccc(Cl)cc1. The van der Waals surface area contributed by atoms with Crippen LogP contribution in [0.15, 0.2) is 24.3 Å². The van der Waals surface area contributed by atoms with Crippen molar-refractivity contribution in [3.05, 3.63) is 34.9 Å². The number of carbonyl (C=O) groups is 1. The summed E-state index contributed by atoms with van der Waals surface area (Å²) in [6.45, 7) is 4.00. The highest BCUT2D eigenvalue weighted by Crippen LogP contribution is 2.25. The van der Waals surface area contributed by atoms with Gasteiger partial charge in [0.1, 0.15) is 5.78 Å². The Hall–Kier alpha value is -0.820. The van der Waals surface area contributed by atoms with E-state index in [1.54, 1.807) is 0 Å². The molecule has 16 heavy (non-hydrogen) atoms. The van der Waals surface area contributed by atoms with Crippen molar-refractivity contribution < 1.29 is 4.79 Å². The molecule has 1 aliphatic rings. The summed E-state index contributed by atoms with van der Waals surface area (Å²) in [5.74, 6) is 0.691. The van der Waals surface area contributed by atoms with Gasteiger partial charge in [0.25, 0.3) is 0 Å². The lowest BCUT2D eigenvalue weighted by molar-refractivity contribution is -0.120. The van der Waals surface area contributed by atoms with Crippen LogP contribution in [0.2, 0.25) is 5.02 Å². The van der Waals surface area contributed by atoms with E-state index in [1.165, 1.54) is 5.56 Å². The highest BCUT2D eigenvalue weighted by molar-refractivity contribution is 6.30. The molecule has 2 rings (SSSR count). The molecule has 0 aliphatic heterocycles. The van der Waals surface area contributed by atoms with Crippen LogP contribution in [0, 0.1) is 5.92 Å². The van der Waals surface area contributed by atoms with E-state index >= 15 is 0 Å². The fraction of sp³-hybridized carbons (Fsp3) is 0.500. The van der Waals surface area contributed by atoms with Gasteiger partial charge in [-0.25, -0.2) is 0 Å². The first-order valence-electron chi connectivity index (χ1n) is 6.03. The molecule has 1 fully saturated rings. The molecule has 88 valence electrons. The van der Waals surface area contributed by atoms with Crippen LogP contribution in [0.1, 0.15) is 38.7 Å². The van der Waals surface area contributed by atoms with Gasteiger partial charge >= 0.3 is 0 Å². The number of halogens is 1. The van der Waals surface area contributed by atoms with E-state index in [0.29, 0.717) is 5.78 Å². The second-order valence-electron chi connectivity index (χ2n) is 3.89. The number of Topliss-reactive ketones (excluding diaryl/α,β-unsaturated/α-hetero) is 1. The summed E-state index contributed by atoms with van der Waals surface area (Å²) < 4.78 is 0. The molecule has 1 atom stereocenters. The quantitative estimate of drug-likeness (QED) is 0.752. The highest BCUT2D eigenvalue weighted by Gasteiger charge is 2.24. The first-order chi connectivity index (χ1) is 7.75. The van der Waals surface area contributed by atoms with Crippen LogP contribution in [0.25, 0.3) is 0 Å². The second-order valence-corrected chi connectivity index (χ2v) is 4.32. The number of hydrogen-bond donors (Lipinski definition) is 0. The lowest BCUT2D eigenvalue weighted by Crippen LogP contribution is -2.09. The number of ketones is 1. The van der Waals surface area contributed by atoms with E-state index < -0.39 is 0 Å². The molecule has 1 aromatic carbocycles. The number of benzene rings is 1. The van der Waals surface area contributed by atoms with Crippen molar-refractivity contribution in [3.63, 3.8) is 0 Å². The first-order valence-corrected chi connectivity index (χ1v) is 6.40. The minimum Gasteiger partial charge on any atom is -0.299 e. The summed E-state index contributed by atoms with van der Waals surface area (Å²) in [5, 5.41) is 0.756. The third-order valence-corrected chi connectivity index (χ3v) is 3.08. The summed E-state index contributed by atoms with van der Waals surface area (Å²) in [4.78, 5) is 11.4. The molecular weight excluding hydrogens is 220 g/mol. The third-order valence-electron chi connectivity index (χ3n) is 2.83. The maximum absolute atomic E-state index is 11.4. The maximum atomic E-state index is 11.4. The Balaban J connectivity index is 0.000000606. The van der Waals surface area contributed by atoms with Crippen molar-refractivity contribution in [3.8, 4) is 0 Å². The summed E-state index contributed by atoms with van der Waals surface area (Å²) in [6.07, 6.45) is 3.78. The van der Waals surface area contributed by atoms with Gasteiger partial charge in [-0.3, -0.25) is 4.79 Å². The Morgan fingerprint density at radius 2 is 1.88 bits per heavy atom. The van der Waals surface area contributed by atoms with E-state index in [0.717, 1.165) is 30.7 Å². The first kappa shape index (κ1) is 13.2. The van der Waals surface area contributed by atoms with Crippen LogP contribution < -0.4 is 0 Å². The van der Waals surface area contributed by atoms with Gasteiger partial charge in [-0.05, 0) is 37.0 Å². The van der Waals surface area contributed by atoms with Gasteiger partial charge in [0, 0.05) is 17.4 Å². The van der Waals surface area contributed by atoms with Gasteiger partial charge < -0.3 is 0 Å². The van der Waals surface area contributed by atoms with Crippen molar-refractivity contribution in [2.24, 2.45) is 5.92 Å². The molecule has 1 saturated carbocycles. The average Bonchev–Trinajstić information content (AvgIpc) is 2.71. The molecule has 0 heterocycles. The lowest BCUT2D eigenvalue weighted by Gasteiger charge is -2.07. The van der Waals surface area contributed by atoms with Gasteiger partial charge in [-0.2, -0.15) is 0 Å². The molecule has 2 heteroatoms. The Morgan fingerprint density at radius 1 is 1.25 bits per heavy atom. The summed E-state index contributed by atoms with van der Waals surface area (Å²) in [6, 6.07) is 7.79. The summed E-state index contributed by atoms with van der Waals surface area (Å²) >= 11 is 5.79. The van der Waals surface area contributed by atoms with Gasteiger partial charge in [0.2, 0.25) is 0 Å². The molecule has 0 bridgehead atoms. The fourth-order valence-corrected chi connectivity index (χ4v) is 2.13. The van der Waals surface area contributed by atoms with Gasteiger partial charge in [0.05, 0.1) is 0 Å². The smallest absolute Gasteiger partial charge is 0.136 e. The van der Waals surface area contributed by atoms with E-state index in [4.69, 9.17) is 11.6 Å². The summed E-state index contributed by atoms with van der Waals surface area (Å²) in [5.41, 5.74) is 1.22. The van der Waals surface area contributed by atoms with E-state index in [1.807, 2.05) is 38.1 Å². The van der Waals surface area contributed by atoms with Crippen molar-refractivity contribution in [1.29, 1.82) is 0 Å². The predicted octanol–water partition coefficient (Wildman–Crippen LogP) is 4.28. The summed E-state index contributed by atoms with van der Waals surface area (Å²) in [7, 11) is 0. The molecule has 0 saturated heterocycles. The average molecular weight is 239 g/mol. The lowest BCUT2D eigenvalue weighted by atomic mass is 9.97. The van der Waals surface area contributed by atoms with Crippen molar-refractivity contribution in [1.82, 2.24) is 0 Å². The second kappa shape index (κ2) is 6.70. The van der Waals surface area contributed by atoms with Crippen LogP contribution in [0.3, 0.4) is 0 Å². The zero-order valence-corrected chi connectivity index (χ0v) is 10.8. The fourth-order valence-electron chi connectivity index (χ4n) is 2.01. The molecule has 1 aliphatic carbocycles. The minimum absolute atomic E-state index is 0.260. The molecule has 0 amide bonds. The Kier molecular flexibility index (Phi) is 5.54. The minimum atomic E-state index is 0.260. The van der Waals surface area contributed by atoms with Crippen LogP contribution in [-0.4, -0.2) is 5.78 Å². The topological polar surface area (TPSA) is 17.1 Å². The zero-order chi connectivity index (χ0) is 12.0. The molecule has 0 aromatic heterocycles. The zero-order valence-electron chi connectivity index (χ0n) is 10.0. The largest absolute Gasteiger partial charge is 0.299 e. The molecule has 1 aromatic rings. The van der Waals surface area contributed by atoms with Gasteiger partial charge in [-0.1, -0.05) is 37.6 Å². The van der Waals surface area contributed by atoms with Crippen molar-refractivity contribution >= 4 is 17.4 Å². The Morgan fingerprint density at radius 3 is 2.38 bits per heavy atom. The number of rotatable bonds is 2. The van der Waals surface area contributed by atoms with Crippen molar-refractivity contribution in [2.45, 2.75) is 39.5 Å². The number of hydrogen-bond acceptors (Lipinski definition) is 1. The highest BCUT2D eigenvalue weighted by atomic mass is 35.5. The van der Waals surface area contributed by atoms with Crippen LogP contribution in [-0.2, 0) is 11.2 Å².